The van der Waals surface area contributed by atoms with Crippen molar-refractivity contribution in [2.75, 3.05) is 13.2 Å². The minimum atomic E-state index is -0.336. The Hall–Kier alpha value is -3.22. The van der Waals surface area contributed by atoms with Gasteiger partial charge in [0.25, 0.3) is 5.91 Å². The fourth-order valence-electron chi connectivity index (χ4n) is 2.95. The lowest BCUT2D eigenvalue weighted by molar-refractivity contribution is 0.0955. The minimum Gasteiger partial charge on any atom is -0.494 e. The van der Waals surface area contributed by atoms with Gasteiger partial charge in [-0.05, 0) is 73.0 Å². The number of halogens is 2. The van der Waals surface area contributed by atoms with E-state index in [1.54, 1.807) is 48.5 Å². The monoisotopic (exact) mass is 500 g/mol. The summed E-state index contributed by atoms with van der Waals surface area (Å²) in [6.45, 7) is 5.28. The quantitative estimate of drug-likeness (QED) is 0.240. The molecule has 0 aliphatic rings. The van der Waals surface area contributed by atoms with Crippen LogP contribution >= 0.6 is 23.2 Å². The third-order valence-corrected chi connectivity index (χ3v) is 5.13. The van der Waals surface area contributed by atoms with Crippen molar-refractivity contribution < 1.29 is 19.0 Å². The molecule has 0 radical (unpaired) electrons. The molecule has 0 saturated heterocycles. The number of nitrogens with zero attached hydrogens (tertiary/aromatic N) is 1. The third-order valence-electron chi connectivity index (χ3n) is 4.60. The van der Waals surface area contributed by atoms with Gasteiger partial charge < -0.3 is 14.2 Å². The molecular weight excluding hydrogens is 475 g/mol. The predicted molar refractivity (Wildman–Crippen MR) is 136 cm³/mol. The van der Waals surface area contributed by atoms with Crippen molar-refractivity contribution in [3.8, 4) is 17.2 Å². The first-order valence-corrected chi connectivity index (χ1v) is 11.7. The van der Waals surface area contributed by atoms with Gasteiger partial charge in [-0.25, -0.2) is 5.43 Å². The van der Waals surface area contributed by atoms with Gasteiger partial charge in [-0.3, -0.25) is 4.79 Å². The van der Waals surface area contributed by atoms with Crippen LogP contribution in [0.4, 0.5) is 0 Å². The molecular formula is C26H26Cl2N2O4. The number of hydrazone groups is 1. The maximum Gasteiger partial charge on any atom is 0.271 e. The number of carbonyl (C=O) groups excluding carboxylic acids is 1. The van der Waals surface area contributed by atoms with E-state index >= 15 is 0 Å². The number of nitrogens with one attached hydrogen (secondary N) is 1. The second kappa shape index (κ2) is 12.9. The lowest BCUT2D eigenvalue weighted by atomic mass is 10.2. The maximum atomic E-state index is 12.3. The Morgan fingerprint density at radius 1 is 0.971 bits per heavy atom. The van der Waals surface area contributed by atoms with E-state index in [0.29, 0.717) is 52.5 Å². The topological polar surface area (TPSA) is 69.2 Å². The summed E-state index contributed by atoms with van der Waals surface area (Å²) in [7, 11) is 0. The Balaban J connectivity index is 1.65. The van der Waals surface area contributed by atoms with Gasteiger partial charge in [-0.2, -0.15) is 5.10 Å². The molecule has 178 valence electrons. The van der Waals surface area contributed by atoms with E-state index in [1.807, 2.05) is 26.0 Å². The summed E-state index contributed by atoms with van der Waals surface area (Å²) in [6.07, 6.45) is 2.41. The molecule has 0 aromatic heterocycles. The van der Waals surface area contributed by atoms with Gasteiger partial charge >= 0.3 is 0 Å². The van der Waals surface area contributed by atoms with Crippen LogP contribution in [0.5, 0.6) is 17.2 Å². The number of hydrogen-bond donors (Lipinski definition) is 1. The van der Waals surface area contributed by atoms with Gasteiger partial charge in [-0.1, -0.05) is 42.3 Å². The first-order chi connectivity index (χ1) is 16.5. The summed E-state index contributed by atoms with van der Waals surface area (Å²) in [4.78, 5) is 12.3. The third kappa shape index (κ3) is 7.40. The van der Waals surface area contributed by atoms with Crippen molar-refractivity contribution in [2.45, 2.75) is 26.9 Å². The van der Waals surface area contributed by atoms with Crippen LogP contribution in [0.3, 0.4) is 0 Å². The molecule has 0 aliphatic heterocycles. The average molecular weight is 501 g/mol. The zero-order chi connectivity index (χ0) is 24.3. The number of amides is 1. The highest BCUT2D eigenvalue weighted by molar-refractivity contribution is 6.32. The Morgan fingerprint density at radius 2 is 1.71 bits per heavy atom. The highest BCUT2D eigenvalue weighted by Gasteiger charge is 2.13. The van der Waals surface area contributed by atoms with Crippen LogP contribution in [0.15, 0.2) is 65.8 Å². The van der Waals surface area contributed by atoms with Crippen molar-refractivity contribution in [1.29, 1.82) is 0 Å². The van der Waals surface area contributed by atoms with Crippen LogP contribution < -0.4 is 19.6 Å². The summed E-state index contributed by atoms with van der Waals surface area (Å²) in [5.74, 6) is 1.31. The normalized spacial score (nSPS) is 10.8. The molecule has 0 atom stereocenters. The fraction of sp³-hybridized carbons (Fsp3) is 0.231. The summed E-state index contributed by atoms with van der Waals surface area (Å²) in [6, 6.07) is 17.7. The second-order valence-corrected chi connectivity index (χ2v) is 8.09. The number of carbonyl (C=O) groups is 1. The first-order valence-electron chi connectivity index (χ1n) is 10.9. The summed E-state index contributed by atoms with van der Waals surface area (Å²) >= 11 is 12.4. The van der Waals surface area contributed by atoms with Crippen LogP contribution in [-0.2, 0) is 6.61 Å². The zero-order valence-corrected chi connectivity index (χ0v) is 20.5. The van der Waals surface area contributed by atoms with E-state index in [4.69, 9.17) is 37.4 Å². The lowest BCUT2D eigenvalue weighted by Gasteiger charge is -2.14. The number of hydrogen-bond acceptors (Lipinski definition) is 5. The van der Waals surface area contributed by atoms with E-state index in [2.05, 4.69) is 10.5 Å². The van der Waals surface area contributed by atoms with Crippen LogP contribution in [0.1, 0.15) is 41.8 Å². The summed E-state index contributed by atoms with van der Waals surface area (Å²) < 4.78 is 17.1. The zero-order valence-electron chi connectivity index (χ0n) is 19.0. The average Bonchev–Trinajstić information content (AvgIpc) is 2.84. The van der Waals surface area contributed by atoms with Crippen LogP contribution in [-0.4, -0.2) is 25.3 Å². The van der Waals surface area contributed by atoms with E-state index in [9.17, 15) is 4.79 Å². The SMILES string of the molecule is CCCOc1ccc(C(=O)N/N=C/c2cc(Cl)c(OCc3ccc(Cl)cc3)c(OCC)c2)cc1. The van der Waals surface area contributed by atoms with Crippen LogP contribution in [0.25, 0.3) is 0 Å². The highest BCUT2D eigenvalue weighted by Crippen LogP contribution is 2.37. The maximum absolute atomic E-state index is 12.3. The molecule has 0 heterocycles. The molecule has 1 N–H and O–H groups in total. The molecule has 0 saturated carbocycles. The second-order valence-electron chi connectivity index (χ2n) is 7.25. The van der Waals surface area contributed by atoms with Gasteiger partial charge in [-0.15, -0.1) is 0 Å². The molecule has 8 heteroatoms. The molecule has 0 fully saturated rings. The molecule has 3 rings (SSSR count). The Bertz CT molecular complexity index is 1120. The molecule has 0 aliphatic carbocycles. The number of rotatable bonds is 11. The largest absolute Gasteiger partial charge is 0.494 e. The highest BCUT2D eigenvalue weighted by atomic mass is 35.5. The Labute approximate surface area is 209 Å². The van der Waals surface area contributed by atoms with E-state index < -0.39 is 0 Å². The molecule has 34 heavy (non-hydrogen) atoms. The van der Waals surface area contributed by atoms with Gasteiger partial charge in [0.15, 0.2) is 11.5 Å². The Kier molecular flexibility index (Phi) is 9.62. The molecule has 1 amide bonds. The van der Waals surface area contributed by atoms with Crippen molar-refractivity contribution >= 4 is 35.3 Å². The van der Waals surface area contributed by atoms with Crippen molar-refractivity contribution in [2.24, 2.45) is 5.10 Å². The number of ether oxygens (including phenoxy) is 3. The molecule has 0 spiro atoms. The van der Waals surface area contributed by atoms with Gasteiger partial charge in [0.2, 0.25) is 0 Å². The predicted octanol–water partition coefficient (Wildman–Crippen LogP) is 6.52. The number of benzene rings is 3. The van der Waals surface area contributed by atoms with Gasteiger partial charge in [0, 0.05) is 10.6 Å². The van der Waals surface area contributed by atoms with E-state index in [1.165, 1.54) is 6.21 Å². The molecule has 3 aromatic rings. The standard InChI is InChI=1S/C26H26Cl2N2O4/c1-3-13-33-22-11-7-20(8-12-22)26(31)30-29-16-19-14-23(28)25(24(15-19)32-4-2)34-17-18-5-9-21(27)10-6-18/h5-12,14-16H,3-4,13,17H2,1-2H3,(H,30,31)/b29-16+. The fourth-order valence-corrected chi connectivity index (χ4v) is 3.35. The molecule has 0 unspecified atom stereocenters. The molecule has 3 aromatic carbocycles. The minimum absolute atomic E-state index is 0.308. The first kappa shape index (κ1) is 25.4. The van der Waals surface area contributed by atoms with Crippen LogP contribution in [0.2, 0.25) is 10.0 Å². The van der Waals surface area contributed by atoms with E-state index in [0.717, 1.165) is 17.7 Å². The lowest BCUT2D eigenvalue weighted by Crippen LogP contribution is -2.17. The van der Waals surface area contributed by atoms with E-state index in [-0.39, 0.29) is 5.91 Å². The summed E-state index contributed by atoms with van der Waals surface area (Å²) in [5, 5.41) is 5.07. The smallest absolute Gasteiger partial charge is 0.271 e. The van der Waals surface area contributed by atoms with Gasteiger partial charge in [0.1, 0.15) is 12.4 Å². The summed E-state index contributed by atoms with van der Waals surface area (Å²) in [5.41, 5.74) is 4.58. The van der Waals surface area contributed by atoms with Gasteiger partial charge in [0.05, 0.1) is 24.5 Å². The molecule has 6 nitrogen and oxygen atoms in total. The Morgan fingerprint density at radius 3 is 2.38 bits per heavy atom. The molecule has 0 bridgehead atoms. The van der Waals surface area contributed by atoms with Crippen molar-refractivity contribution in [3.05, 3.63) is 87.4 Å². The van der Waals surface area contributed by atoms with Crippen LogP contribution in [0, 0.1) is 0 Å². The van der Waals surface area contributed by atoms with Crippen molar-refractivity contribution in [3.63, 3.8) is 0 Å². The van der Waals surface area contributed by atoms with Crippen molar-refractivity contribution in [1.82, 2.24) is 5.43 Å².